The lowest BCUT2D eigenvalue weighted by Gasteiger charge is -2.36. The maximum absolute atomic E-state index is 6.24. The Labute approximate surface area is 146 Å². The van der Waals surface area contributed by atoms with Crippen LogP contribution in [0.4, 0.5) is 11.4 Å². The van der Waals surface area contributed by atoms with Gasteiger partial charge >= 0.3 is 0 Å². The molecule has 0 bridgehead atoms. The highest BCUT2D eigenvalue weighted by Gasteiger charge is 2.36. The second kappa shape index (κ2) is 7.53. The molecule has 0 saturated carbocycles. The van der Waals surface area contributed by atoms with Crippen LogP contribution >= 0.6 is 0 Å². The molecule has 0 fully saturated rings. The molecule has 1 heterocycles. The number of anilines is 2. The van der Waals surface area contributed by atoms with E-state index in [-0.39, 0.29) is 5.04 Å². The van der Waals surface area contributed by atoms with E-state index in [0.717, 1.165) is 48.3 Å². The number of benzene rings is 1. The summed E-state index contributed by atoms with van der Waals surface area (Å²) in [6.07, 6.45) is 3.94. The lowest BCUT2D eigenvalue weighted by atomic mass is 10.1. The van der Waals surface area contributed by atoms with E-state index >= 15 is 0 Å². The quantitative estimate of drug-likeness (QED) is 0.546. The molecular weight excluding hydrogens is 314 g/mol. The van der Waals surface area contributed by atoms with Crippen molar-refractivity contribution in [1.29, 1.82) is 0 Å². The number of pyridine rings is 1. The molecule has 1 aromatic carbocycles. The smallest absolute Gasteiger partial charge is 0.191 e. The molecule has 0 saturated heterocycles. The molecule has 0 amide bonds. The highest BCUT2D eigenvalue weighted by atomic mass is 28.4. The van der Waals surface area contributed by atoms with Crippen LogP contribution in [0.15, 0.2) is 30.5 Å². The van der Waals surface area contributed by atoms with Crippen LogP contribution in [0.2, 0.25) is 18.1 Å². The fraction of sp³-hybridized carbons (Fsp3) is 0.526. The van der Waals surface area contributed by atoms with Gasteiger partial charge < -0.3 is 15.5 Å². The van der Waals surface area contributed by atoms with Gasteiger partial charge in [0.25, 0.3) is 0 Å². The number of nitrogens with zero attached hydrogens (tertiary/aromatic N) is 1. The van der Waals surface area contributed by atoms with Gasteiger partial charge in [-0.15, -0.1) is 0 Å². The van der Waals surface area contributed by atoms with Crippen molar-refractivity contribution < 1.29 is 4.43 Å². The van der Waals surface area contributed by atoms with Crippen molar-refractivity contribution in [3.05, 3.63) is 30.5 Å². The molecule has 0 radical (unpaired) electrons. The van der Waals surface area contributed by atoms with E-state index in [1.165, 1.54) is 0 Å². The molecule has 3 N–H and O–H groups in total. The van der Waals surface area contributed by atoms with Gasteiger partial charge in [0.05, 0.1) is 23.1 Å². The fourth-order valence-corrected chi connectivity index (χ4v) is 3.39. The van der Waals surface area contributed by atoms with Crippen molar-refractivity contribution in [3.8, 4) is 0 Å². The summed E-state index contributed by atoms with van der Waals surface area (Å²) in [5.41, 5.74) is 8.87. The van der Waals surface area contributed by atoms with Crippen LogP contribution < -0.4 is 11.1 Å². The van der Waals surface area contributed by atoms with E-state index in [1.54, 1.807) is 0 Å². The maximum atomic E-state index is 6.24. The van der Waals surface area contributed by atoms with Gasteiger partial charge in [-0.3, -0.25) is 4.98 Å². The monoisotopic (exact) mass is 345 g/mol. The van der Waals surface area contributed by atoms with Crippen LogP contribution in [0, 0.1) is 0 Å². The molecule has 132 valence electrons. The number of fused-ring (bicyclic) bond motifs is 1. The summed E-state index contributed by atoms with van der Waals surface area (Å²) >= 11 is 0. The van der Waals surface area contributed by atoms with Gasteiger partial charge in [0.15, 0.2) is 8.32 Å². The molecule has 2 rings (SSSR count). The first-order valence-corrected chi connectivity index (χ1v) is 11.6. The van der Waals surface area contributed by atoms with Crippen LogP contribution in [-0.2, 0) is 4.43 Å². The van der Waals surface area contributed by atoms with Gasteiger partial charge in [-0.25, -0.2) is 0 Å². The zero-order chi connectivity index (χ0) is 17.8. The molecular formula is C19H31N3OSi. The fourth-order valence-electron chi connectivity index (χ4n) is 2.30. The highest BCUT2D eigenvalue weighted by Crippen LogP contribution is 2.36. The molecule has 0 aliphatic carbocycles. The van der Waals surface area contributed by atoms with E-state index in [0.29, 0.717) is 0 Å². The maximum Gasteiger partial charge on any atom is 0.191 e. The highest BCUT2D eigenvalue weighted by molar-refractivity contribution is 6.74. The number of nitrogens with two attached hydrogens (primary N) is 1. The van der Waals surface area contributed by atoms with E-state index in [9.17, 15) is 0 Å². The molecule has 24 heavy (non-hydrogen) atoms. The average Bonchev–Trinajstić information content (AvgIpc) is 2.51. The summed E-state index contributed by atoms with van der Waals surface area (Å²) in [6.45, 7) is 13.1. The molecule has 0 aliphatic heterocycles. The molecule has 0 spiro atoms. The van der Waals surface area contributed by atoms with Crippen molar-refractivity contribution in [2.75, 3.05) is 24.2 Å². The van der Waals surface area contributed by atoms with E-state index < -0.39 is 8.32 Å². The predicted octanol–water partition coefficient (Wildman–Crippen LogP) is 5.03. The zero-order valence-electron chi connectivity index (χ0n) is 15.6. The molecule has 0 atom stereocenters. The van der Waals surface area contributed by atoms with E-state index in [1.807, 2.05) is 30.5 Å². The summed E-state index contributed by atoms with van der Waals surface area (Å²) in [6, 6.07) is 7.95. The van der Waals surface area contributed by atoms with Crippen molar-refractivity contribution in [1.82, 2.24) is 4.98 Å². The Morgan fingerprint density at radius 1 is 1.17 bits per heavy atom. The summed E-state index contributed by atoms with van der Waals surface area (Å²) in [7, 11) is -1.62. The molecule has 5 heteroatoms. The van der Waals surface area contributed by atoms with Crippen molar-refractivity contribution >= 4 is 30.6 Å². The van der Waals surface area contributed by atoms with Gasteiger partial charge in [0, 0.05) is 18.5 Å². The Kier molecular flexibility index (Phi) is 5.88. The Morgan fingerprint density at radius 3 is 2.58 bits per heavy atom. The third-order valence-electron chi connectivity index (χ3n) is 4.97. The van der Waals surface area contributed by atoms with Crippen LogP contribution in [0.5, 0.6) is 0 Å². The summed E-state index contributed by atoms with van der Waals surface area (Å²) in [4.78, 5) is 4.45. The first-order chi connectivity index (χ1) is 11.2. The minimum absolute atomic E-state index is 0.274. The van der Waals surface area contributed by atoms with Gasteiger partial charge in [-0.2, -0.15) is 0 Å². The Balaban J connectivity index is 1.78. The average molecular weight is 346 g/mol. The van der Waals surface area contributed by atoms with Gasteiger partial charge in [-0.05, 0) is 37.0 Å². The van der Waals surface area contributed by atoms with Gasteiger partial charge in [-0.1, -0.05) is 39.0 Å². The molecule has 0 unspecified atom stereocenters. The van der Waals surface area contributed by atoms with Crippen LogP contribution in [0.25, 0.3) is 10.9 Å². The number of unbranched alkanes of at least 4 members (excludes halogenated alkanes) is 1. The van der Waals surface area contributed by atoms with E-state index in [4.69, 9.17) is 10.2 Å². The third-order valence-corrected chi connectivity index (χ3v) is 9.51. The van der Waals surface area contributed by atoms with Crippen LogP contribution in [-0.4, -0.2) is 26.5 Å². The van der Waals surface area contributed by atoms with Gasteiger partial charge in [0.2, 0.25) is 0 Å². The number of nitrogens with one attached hydrogen (secondary N) is 1. The number of hydrogen-bond acceptors (Lipinski definition) is 4. The number of para-hydroxylation sites is 1. The first-order valence-electron chi connectivity index (χ1n) is 8.73. The Hall–Kier alpha value is -1.59. The molecule has 1 aromatic heterocycles. The minimum atomic E-state index is -1.62. The van der Waals surface area contributed by atoms with Crippen molar-refractivity contribution in [2.24, 2.45) is 0 Å². The SMILES string of the molecule is CC(C)(C)[Si](C)(C)OCCCCNc1cnc2ccccc2c1N. The summed E-state index contributed by atoms with van der Waals surface area (Å²) < 4.78 is 6.20. The lowest BCUT2D eigenvalue weighted by molar-refractivity contribution is 0.280. The molecule has 4 nitrogen and oxygen atoms in total. The van der Waals surface area contributed by atoms with Gasteiger partial charge in [0.1, 0.15) is 0 Å². The normalized spacial score (nSPS) is 12.5. The second-order valence-corrected chi connectivity index (χ2v) is 12.7. The summed E-state index contributed by atoms with van der Waals surface area (Å²) in [5.74, 6) is 0. The number of aromatic nitrogens is 1. The van der Waals surface area contributed by atoms with Crippen LogP contribution in [0.1, 0.15) is 33.6 Å². The molecule has 0 aliphatic rings. The topological polar surface area (TPSA) is 60.2 Å². The van der Waals surface area contributed by atoms with Crippen molar-refractivity contribution in [3.63, 3.8) is 0 Å². The third kappa shape index (κ3) is 4.48. The first kappa shape index (κ1) is 18.7. The zero-order valence-corrected chi connectivity index (χ0v) is 16.6. The van der Waals surface area contributed by atoms with Crippen LogP contribution in [0.3, 0.4) is 0 Å². The number of nitrogen functional groups attached to an aromatic ring is 1. The standard InChI is InChI=1S/C19H31N3OSi/c1-19(2,3)24(4,5)23-13-9-8-12-21-17-14-22-16-11-7-6-10-15(16)18(17)20/h6-7,10-11,14,21H,8-9,12-13H2,1-5H3,(H2,20,22). The van der Waals surface area contributed by atoms with E-state index in [2.05, 4.69) is 44.2 Å². The summed E-state index contributed by atoms with van der Waals surface area (Å²) in [5, 5.41) is 4.68. The Morgan fingerprint density at radius 2 is 1.88 bits per heavy atom. The minimum Gasteiger partial charge on any atom is -0.417 e. The lowest BCUT2D eigenvalue weighted by Crippen LogP contribution is -2.41. The molecule has 2 aromatic rings. The van der Waals surface area contributed by atoms with Crippen molar-refractivity contribution in [2.45, 2.75) is 51.7 Å². The predicted molar refractivity (Wildman–Crippen MR) is 107 cm³/mol. The second-order valence-electron chi connectivity index (χ2n) is 7.85. The Bertz CT molecular complexity index is 680. The number of rotatable bonds is 7. The largest absolute Gasteiger partial charge is 0.417 e. The number of hydrogen-bond donors (Lipinski definition) is 2.